The molecule has 0 unspecified atom stereocenters. The average Bonchev–Trinajstić information content (AvgIpc) is 1.95. The monoisotopic (exact) mass is 287 g/mol. The third kappa shape index (κ3) is 9.00. The molecule has 0 atom stereocenters. The van der Waals surface area contributed by atoms with E-state index >= 15 is 0 Å². The van der Waals surface area contributed by atoms with Crippen molar-refractivity contribution in [3.8, 4) is 0 Å². The maximum absolute atomic E-state index is 11.3. The quantitative estimate of drug-likeness (QED) is 0.862. The highest BCUT2D eigenvalue weighted by molar-refractivity contribution is 7.90. The lowest BCUT2D eigenvalue weighted by Crippen LogP contribution is -2.34. The van der Waals surface area contributed by atoms with Gasteiger partial charge in [-0.3, -0.25) is 9.52 Å². The van der Waals surface area contributed by atoms with Gasteiger partial charge in [0.25, 0.3) is 0 Å². The van der Waals surface area contributed by atoms with Crippen LogP contribution in [0.3, 0.4) is 0 Å². The van der Waals surface area contributed by atoms with E-state index in [4.69, 9.17) is 23.2 Å². The molecule has 0 bridgehead atoms. The predicted molar refractivity (Wildman–Crippen MR) is 65.8 cm³/mol. The summed E-state index contributed by atoms with van der Waals surface area (Å²) in [7, 11) is -3.69. The molecule has 0 aliphatic heterocycles. The van der Waals surface area contributed by atoms with Crippen LogP contribution >= 0.6 is 23.2 Å². The highest BCUT2D eigenvalue weighted by Crippen LogP contribution is 2.18. The predicted octanol–water partition coefficient (Wildman–Crippen LogP) is 2.19. The van der Waals surface area contributed by atoms with Crippen LogP contribution in [0.5, 0.6) is 0 Å². The van der Waals surface area contributed by atoms with Gasteiger partial charge >= 0.3 is 0 Å². The van der Waals surface area contributed by atoms with E-state index in [0.29, 0.717) is 0 Å². The Balaban J connectivity index is 4.39. The van der Waals surface area contributed by atoms with Crippen molar-refractivity contribution in [1.29, 1.82) is 0 Å². The van der Waals surface area contributed by atoms with E-state index in [9.17, 15) is 13.2 Å². The molecule has 94 valence electrons. The normalized spacial score (nSPS) is 12.1. The molecule has 16 heavy (non-hydrogen) atoms. The van der Waals surface area contributed by atoms with Crippen LogP contribution in [0.1, 0.15) is 27.2 Å². The van der Waals surface area contributed by atoms with E-state index in [-0.39, 0.29) is 16.3 Å². The van der Waals surface area contributed by atoms with Crippen molar-refractivity contribution in [3.63, 3.8) is 0 Å². The van der Waals surface area contributed by atoms with E-state index in [2.05, 4.69) is 0 Å². The molecule has 0 rings (SSSR count). The molecular formula is C9H15Cl2NO3S. The molecule has 7 heteroatoms. The Kier molecular flexibility index (Phi) is 5.79. The van der Waals surface area contributed by atoms with Gasteiger partial charge in [0.15, 0.2) is 0 Å². The summed E-state index contributed by atoms with van der Waals surface area (Å²) in [6.45, 7) is 5.53. The smallest absolute Gasteiger partial charge is 0.238 e. The lowest BCUT2D eigenvalue weighted by atomic mass is 9.92. The van der Waals surface area contributed by atoms with Gasteiger partial charge in [-0.25, -0.2) is 8.42 Å². The fourth-order valence-electron chi connectivity index (χ4n) is 0.906. The van der Waals surface area contributed by atoms with Gasteiger partial charge in [0.2, 0.25) is 15.9 Å². The third-order valence-corrected chi connectivity index (χ3v) is 2.87. The zero-order chi connectivity index (χ0) is 13.0. The summed E-state index contributed by atoms with van der Waals surface area (Å²) in [5.74, 6) is -0.947. The molecule has 0 aromatic rings. The minimum absolute atomic E-state index is 0.130. The van der Waals surface area contributed by atoms with Gasteiger partial charge in [-0.1, -0.05) is 44.0 Å². The fraction of sp³-hybridized carbons (Fsp3) is 0.667. The topological polar surface area (TPSA) is 63.2 Å². The Morgan fingerprint density at radius 1 is 1.31 bits per heavy atom. The van der Waals surface area contributed by atoms with Crippen molar-refractivity contribution < 1.29 is 13.2 Å². The number of hydrogen-bond acceptors (Lipinski definition) is 3. The molecule has 0 radical (unpaired) electrons. The van der Waals surface area contributed by atoms with Gasteiger partial charge in [-0.2, -0.15) is 0 Å². The zero-order valence-corrected chi connectivity index (χ0v) is 11.7. The third-order valence-electron chi connectivity index (χ3n) is 1.42. The molecule has 0 aromatic carbocycles. The van der Waals surface area contributed by atoms with Gasteiger partial charge in [-0.15, -0.1) is 0 Å². The van der Waals surface area contributed by atoms with Gasteiger partial charge in [-0.05, 0) is 11.5 Å². The van der Waals surface area contributed by atoms with Crippen molar-refractivity contribution in [3.05, 3.63) is 10.6 Å². The Bertz CT molecular complexity index is 378. The van der Waals surface area contributed by atoms with Crippen LogP contribution < -0.4 is 4.72 Å². The number of carbonyl (C=O) groups is 1. The first-order valence-corrected chi connectivity index (χ1v) is 6.97. The molecule has 0 heterocycles. The fourth-order valence-corrected chi connectivity index (χ4v) is 2.13. The van der Waals surface area contributed by atoms with Gasteiger partial charge < -0.3 is 0 Å². The van der Waals surface area contributed by atoms with Crippen LogP contribution in [0.2, 0.25) is 0 Å². The van der Waals surface area contributed by atoms with Crippen molar-refractivity contribution >= 4 is 39.1 Å². The maximum Gasteiger partial charge on any atom is 0.238 e. The summed E-state index contributed by atoms with van der Waals surface area (Å²) in [5, 5.41) is 0. The lowest BCUT2D eigenvalue weighted by Gasteiger charge is -2.16. The van der Waals surface area contributed by atoms with Gasteiger partial charge in [0.05, 0.1) is 5.75 Å². The molecule has 1 N–H and O–H groups in total. The van der Waals surface area contributed by atoms with Crippen LogP contribution in [0, 0.1) is 5.41 Å². The average molecular weight is 288 g/mol. The summed E-state index contributed by atoms with van der Waals surface area (Å²) in [6.07, 6.45) is 1.24. The van der Waals surface area contributed by atoms with Crippen LogP contribution in [-0.2, 0) is 14.8 Å². The SMILES string of the molecule is CC(C)(C)CC(=O)NS(=O)(=O)CC=C(Cl)Cl. The zero-order valence-electron chi connectivity index (χ0n) is 9.38. The van der Waals surface area contributed by atoms with Crippen LogP contribution in [0.25, 0.3) is 0 Å². The Morgan fingerprint density at radius 2 is 1.81 bits per heavy atom. The van der Waals surface area contributed by atoms with Crippen LogP contribution in [-0.4, -0.2) is 20.1 Å². The minimum atomic E-state index is -3.69. The maximum atomic E-state index is 11.3. The summed E-state index contributed by atoms with van der Waals surface area (Å²) in [4.78, 5) is 11.3. The van der Waals surface area contributed by atoms with Gasteiger partial charge in [0, 0.05) is 6.42 Å². The molecule has 0 fully saturated rings. The minimum Gasteiger partial charge on any atom is -0.274 e. The molecule has 0 aromatic heterocycles. The second-order valence-corrected chi connectivity index (χ2v) is 7.31. The Morgan fingerprint density at radius 3 is 2.19 bits per heavy atom. The second kappa shape index (κ2) is 5.89. The highest BCUT2D eigenvalue weighted by Gasteiger charge is 2.19. The van der Waals surface area contributed by atoms with E-state index in [1.165, 1.54) is 0 Å². The van der Waals surface area contributed by atoms with Crippen LogP contribution in [0.4, 0.5) is 0 Å². The Hall–Kier alpha value is -0.260. The van der Waals surface area contributed by atoms with E-state index < -0.39 is 21.7 Å². The Labute approximate surface area is 106 Å². The molecule has 0 aliphatic carbocycles. The summed E-state index contributed by atoms with van der Waals surface area (Å²) in [5.41, 5.74) is -0.264. The first-order valence-electron chi connectivity index (χ1n) is 4.56. The number of nitrogens with one attached hydrogen (secondary N) is 1. The number of carbonyl (C=O) groups excluding carboxylic acids is 1. The second-order valence-electron chi connectivity index (χ2n) is 4.54. The standard InChI is InChI=1S/C9H15Cl2NO3S/c1-9(2,3)6-8(13)12-16(14,15)5-4-7(10)11/h4H,5-6H2,1-3H3,(H,12,13). The largest absolute Gasteiger partial charge is 0.274 e. The number of rotatable bonds is 4. The highest BCUT2D eigenvalue weighted by atomic mass is 35.5. The number of halogens is 2. The molecule has 1 amide bonds. The molecule has 0 saturated heterocycles. The van der Waals surface area contributed by atoms with E-state index in [1.54, 1.807) is 0 Å². The molecule has 0 aliphatic rings. The first-order chi connectivity index (χ1) is 7.02. The van der Waals surface area contributed by atoms with Crippen molar-refractivity contribution in [1.82, 2.24) is 4.72 Å². The van der Waals surface area contributed by atoms with E-state index in [0.717, 1.165) is 6.08 Å². The lowest BCUT2D eigenvalue weighted by molar-refractivity contribution is -0.121. The number of sulfonamides is 1. The summed E-state index contributed by atoms with van der Waals surface area (Å²) >= 11 is 10.6. The summed E-state index contributed by atoms with van der Waals surface area (Å²) < 4.78 is 24.5. The molecule has 0 saturated carbocycles. The van der Waals surface area contributed by atoms with Crippen LogP contribution in [0.15, 0.2) is 10.6 Å². The molecule has 4 nitrogen and oxygen atoms in total. The number of amides is 1. The van der Waals surface area contributed by atoms with E-state index in [1.807, 2.05) is 25.5 Å². The summed E-state index contributed by atoms with van der Waals surface area (Å²) in [6, 6.07) is 0. The number of hydrogen-bond donors (Lipinski definition) is 1. The van der Waals surface area contributed by atoms with Crippen molar-refractivity contribution in [2.45, 2.75) is 27.2 Å². The molecular weight excluding hydrogens is 273 g/mol. The van der Waals surface area contributed by atoms with Crippen molar-refractivity contribution in [2.75, 3.05) is 5.75 Å². The first kappa shape index (κ1) is 15.7. The molecule has 0 spiro atoms. The van der Waals surface area contributed by atoms with Crippen molar-refractivity contribution in [2.24, 2.45) is 5.41 Å². The van der Waals surface area contributed by atoms with Gasteiger partial charge in [0.1, 0.15) is 4.49 Å².